The number of nitrogens with zero attached hydrogens (tertiary/aromatic N) is 3. The average Bonchev–Trinajstić information content (AvgIpc) is 3.30. The Labute approximate surface area is 150 Å². The highest BCUT2D eigenvalue weighted by Crippen LogP contribution is 2.26. The van der Waals surface area contributed by atoms with Gasteiger partial charge in [0.05, 0.1) is 5.56 Å². The van der Waals surface area contributed by atoms with Crippen molar-refractivity contribution in [2.45, 2.75) is 31.7 Å². The van der Waals surface area contributed by atoms with Crippen molar-refractivity contribution in [2.75, 3.05) is 7.05 Å². The minimum atomic E-state index is 0.00953. The normalized spacial score (nSPS) is 15.0. The van der Waals surface area contributed by atoms with Gasteiger partial charge in [-0.1, -0.05) is 24.4 Å². The number of hydrogen-bond donors (Lipinski definition) is 0. The second-order valence-electron chi connectivity index (χ2n) is 6.42. The van der Waals surface area contributed by atoms with Crippen molar-refractivity contribution < 1.29 is 9.21 Å². The highest BCUT2D eigenvalue weighted by Gasteiger charge is 2.24. The first-order valence-corrected chi connectivity index (χ1v) is 8.79. The smallest absolute Gasteiger partial charge is 0.255 e. The third-order valence-electron chi connectivity index (χ3n) is 4.77. The molecule has 0 aliphatic heterocycles. The van der Waals surface area contributed by atoms with E-state index in [-0.39, 0.29) is 5.91 Å². The van der Waals surface area contributed by atoms with Gasteiger partial charge in [-0.05, 0) is 37.1 Å². The van der Waals surface area contributed by atoms with Crippen molar-refractivity contribution in [3.63, 3.8) is 0 Å². The molecule has 4 rings (SSSR count). The van der Waals surface area contributed by atoms with Gasteiger partial charge in [0.15, 0.2) is 5.58 Å². The molecule has 25 heavy (non-hydrogen) atoms. The molecule has 0 N–H and O–H groups in total. The van der Waals surface area contributed by atoms with Crippen LogP contribution >= 0.6 is 11.6 Å². The SMILES string of the molecule is CN(C(=O)c1ccc(-c2nc3ccc(Cl)cc3o2)nc1)C1CCCC1. The fourth-order valence-electron chi connectivity index (χ4n) is 3.32. The van der Waals surface area contributed by atoms with Gasteiger partial charge in [-0.3, -0.25) is 9.78 Å². The quantitative estimate of drug-likeness (QED) is 0.691. The molecule has 0 radical (unpaired) electrons. The Morgan fingerprint density at radius 1 is 1.24 bits per heavy atom. The Morgan fingerprint density at radius 2 is 2.04 bits per heavy atom. The summed E-state index contributed by atoms with van der Waals surface area (Å²) >= 11 is 5.97. The summed E-state index contributed by atoms with van der Waals surface area (Å²) in [5.41, 5.74) is 2.51. The van der Waals surface area contributed by atoms with E-state index in [4.69, 9.17) is 16.0 Å². The van der Waals surface area contributed by atoms with Crippen molar-refractivity contribution in [3.8, 4) is 11.6 Å². The molecule has 1 saturated carbocycles. The Morgan fingerprint density at radius 3 is 2.76 bits per heavy atom. The van der Waals surface area contributed by atoms with Gasteiger partial charge in [-0.25, -0.2) is 4.98 Å². The molecule has 128 valence electrons. The second-order valence-corrected chi connectivity index (χ2v) is 6.85. The summed E-state index contributed by atoms with van der Waals surface area (Å²) < 4.78 is 5.71. The van der Waals surface area contributed by atoms with Gasteiger partial charge in [0.25, 0.3) is 5.91 Å². The average molecular weight is 356 g/mol. The lowest BCUT2D eigenvalue weighted by Gasteiger charge is -2.24. The van der Waals surface area contributed by atoms with Crippen LogP contribution in [0.25, 0.3) is 22.7 Å². The van der Waals surface area contributed by atoms with Gasteiger partial charge in [-0.15, -0.1) is 0 Å². The first kappa shape index (κ1) is 16.1. The van der Waals surface area contributed by atoms with Crippen LogP contribution in [0.5, 0.6) is 0 Å². The lowest BCUT2D eigenvalue weighted by Crippen LogP contribution is -2.35. The zero-order valence-corrected chi connectivity index (χ0v) is 14.7. The Kier molecular flexibility index (Phi) is 4.17. The van der Waals surface area contributed by atoms with Crippen LogP contribution in [0.4, 0.5) is 0 Å². The highest BCUT2D eigenvalue weighted by molar-refractivity contribution is 6.31. The molecule has 1 aromatic carbocycles. The molecule has 2 aromatic heterocycles. The molecule has 5 nitrogen and oxygen atoms in total. The van der Waals surface area contributed by atoms with E-state index in [1.807, 2.05) is 11.9 Å². The molecule has 1 fully saturated rings. The van der Waals surface area contributed by atoms with Gasteiger partial charge < -0.3 is 9.32 Å². The summed E-state index contributed by atoms with van der Waals surface area (Å²) in [4.78, 5) is 23.2. The van der Waals surface area contributed by atoms with E-state index in [9.17, 15) is 4.79 Å². The zero-order chi connectivity index (χ0) is 17.4. The third-order valence-corrected chi connectivity index (χ3v) is 5.01. The number of hydrogen-bond acceptors (Lipinski definition) is 4. The Hall–Kier alpha value is -2.40. The van der Waals surface area contributed by atoms with Crippen molar-refractivity contribution in [1.29, 1.82) is 0 Å². The van der Waals surface area contributed by atoms with E-state index in [0.717, 1.165) is 18.4 Å². The van der Waals surface area contributed by atoms with Crippen molar-refractivity contribution in [3.05, 3.63) is 47.1 Å². The van der Waals surface area contributed by atoms with Crippen LogP contribution < -0.4 is 0 Å². The minimum absolute atomic E-state index is 0.00953. The number of fused-ring (bicyclic) bond motifs is 1. The molecule has 1 aliphatic carbocycles. The maximum atomic E-state index is 12.6. The fraction of sp³-hybridized carbons (Fsp3) is 0.316. The molecule has 0 spiro atoms. The molecule has 0 saturated heterocycles. The number of amides is 1. The first-order valence-electron chi connectivity index (χ1n) is 8.41. The number of aromatic nitrogens is 2. The lowest BCUT2D eigenvalue weighted by atomic mass is 10.1. The lowest BCUT2D eigenvalue weighted by molar-refractivity contribution is 0.0735. The number of benzene rings is 1. The van der Waals surface area contributed by atoms with Crippen molar-refractivity contribution >= 4 is 28.6 Å². The molecule has 1 aliphatic rings. The number of halogens is 1. The van der Waals surface area contributed by atoms with Crippen LogP contribution in [0, 0.1) is 0 Å². The third kappa shape index (κ3) is 3.12. The fourth-order valence-corrected chi connectivity index (χ4v) is 3.48. The maximum Gasteiger partial charge on any atom is 0.255 e. The highest BCUT2D eigenvalue weighted by atomic mass is 35.5. The van der Waals surface area contributed by atoms with Crippen LogP contribution in [-0.4, -0.2) is 33.9 Å². The monoisotopic (exact) mass is 355 g/mol. The van der Waals surface area contributed by atoms with Gasteiger partial charge >= 0.3 is 0 Å². The van der Waals surface area contributed by atoms with E-state index in [1.165, 1.54) is 12.8 Å². The summed E-state index contributed by atoms with van der Waals surface area (Å²) in [6.07, 6.45) is 6.14. The van der Waals surface area contributed by atoms with Crippen LogP contribution in [0.15, 0.2) is 40.9 Å². The summed E-state index contributed by atoms with van der Waals surface area (Å²) in [6.45, 7) is 0. The minimum Gasteiger partial charge on any atom is -0.435 e. The van der Waals surface area contributed by atoms with E-state index in [0.29, 0.717) is 33.8 Å². The van der Waals surface area contributed by atoms with E-state index in [2.05, 4.69) is 9.97 Å². The molecule has 6 heteroatoms. The van der Waals surface area contributed by atoms with Gasteiger partial charge in [0.1, 0.15) is 11.2 Å². The van der Waals surface area contributed by atoms with Gasteiger partial charge in [0, 0.05) is 30.4 Å². The molecule has 0 bridgehead atoms. The molecule has 1 amide bonds. The molecule has 0 unspecified atom stereocenters. The molecule has 2 heterocycles. The predicted molar refractivity (Wildman–Crippen MR) is 96.6 cm³/mol. The van der Waals surface area contributed by atoms with Crippen LogP contribution in [0.1, 0.15) is 36.0 Å². The summed E-state index contributed by atoms with van der Waals surface area (Å²) in [5.74, 6) is 0.427. The first-order chi connectivity index (χ1) is 12.1. The van der Waals surface area contributed by atoms with Gasteiger partial charge in [-0.2, -0.15) is 0 Å². The molecule has 0 atom stereocenters. The zero-order valence-electron chi connectivity index (χ0n) is 13.9. The van der Waals surface area contributed by atoms with E-state index in [1.54, 1.807) is 36.5 Å². The number of oxazole rings is 1. The number of carbonyl (C=O) groups is 1. The number of carbonyl (C=O) groups excluding carboxylic acids is 1. The molecule has 3 aromatic rings. The van der Waals surface area contributed by atoms with Crippen molar-refractivity contribution in [2.24, 2.45) is 0 Å². The second kappa shape index (κ2) is 6.48. The summed E-state index contributed by atoms with van der Waals surface area (Å²) in [6, 6.07) is 9.18. The Balaban J connectivity index is 1.57. The maximum absolute atomic E-state index is 12.6. The van der Waals surface area contributed by atoms with Gasteiger partial charge in [0.2, 0.25) is 5.89 Å². The topological polar surface area (TPSA) is 59.2 Å². The predicted octanol–water partition coefficient (Wildman–Crippen LogP) is 4.56. The number of pyridine rings is 1. The molecular weight excluding hydrogens is 338 g/mol. The Bertz CT molecular complexity index is 914. The van der Waals surface area contributed by atoms with Crippen LogP contribution in [-0.2, 0) is 0 Å². The van der Waals surface area contributed by atoms with Crippen LogP contribution in [0.2, 0.25) is 5.02 Å². The van der Waals surface area contributed by atoms with E-state index >= 15 is 0 Å². The van der Waals surface area contributed by atoms with E-state index < -0.39 is 0 Å². The molecular formula is C19H18ClN3O2. The van der Waals surface area contributed by atoms with Crippen LogP contribution in [0.3, 0.4) is 0 Å². The number of rotatable bonds is 3. The largest absolute Gasteiger partial charge is 0.435 e. The summed E-state index contributed by atoms with van der Waals surface area (Å²) in [7, 11) is 1.87. The standard InChI is InChI=1S/C19H18ClN3O2/c1-23(14-4-2-3-5-14)19(24)12-6-8-16(21-11-12)18-22-15-9-7-13(20)10-17(15)25-18/h6-11,14H,2-5H2,1H3. The summed E-state index contributed by atoms with van der Waals surface area (Å²) in [5, 5.41) is 0.596. The van der Waals surface area contributed by atoms with Crippen molar-refractivity contribution in [1.82, 2.24) is 14.9 Å².